The minimum atomic E-state index is 0.149. The van der Waals surface area contributed by atoms with Crippen molar-refractivity contribution < 1.29 is 4.79 Å². The highest BCUT2D eigenvalue weighted by atomic mass is 32.2. The first kappa shape index (κ1) is 19.5. The summed E-state index contributed by atoms with van der Waals surface area (Å²) in [6, 6.07) is 8.62. The molecule has 0 fully saturated rings. The highest BCUT2D eigenvalue weighted by Crippen LogP contribution is 2.21. The average Bonchev–Trinajstić information content (AvgIpc) is 3.09. The van der Waals surface area contributed by atoms with E-state index in [0.29, 0.717) is 10.9 Å². The Balaban J connectivity index is 2.00. The second-order valence-corrected chi connectivity index (χ2v) is 7.38. The van der Waals surface area contributed by atoms with Gasteiger partial charge in [0, 0.05) is 17.6 Å². The molecule has 0 saturated carbocycles. The molecule has 0 saturated heterocycles. The lowest BCUT2D eigenvalue weighted by Gasteiger charge is -2.33. The van der Waals surface area contributed by atoms with Crippen LogP contribution in [0.2, 0.25) is 0 Å². The number of amides is 1. The maximum atomic E-state index is 12.7. The van der Waals surface area contributed by atoms with Crippen molar-refractivity contribution in [2.75, 3.05) is 5.75 Å². The summed E-state index contributed by atoms with van der Waals surface area (Å²) in [6.07, 6.45) is 1.91. The van der Waals surface area contributed by atoms with Gasteiger partial charge in [0.05, 0.1) is 5.75 Å². The van der Waals surface area contributed by atoms with Gasteiger partial charge in [-0.3, -0.25) is 9.89 Å². The standard InChI is InChI=1S/C19H28N4OS/c1-6-14(4)23(15(5)7-2)17(24)12-25-19-20-18(21-22-19)16-10-8-13(3)9-11-16/h8-11,14-15H,6-7,12H2,1-5H3,(H,20,21,22)/t14-,15+. The fraction of sp³-hybridized carbons (Fsp3) is 0.526. The van der Waals surface area contributed by atoms with Gasteiger partial charge in [-0.05, 0) is 33.6 Å². The molecule has 0 aliphatic rings. The molecule has 2 rings (SSSR count). The van der Waals surface area contributed by atoms with Gasteiger partial charge in [-0.15, -0.1) is 5.10 Å². The molecule has 1 heterocycles. The molecular formula is C19H28N4OS. The monoisotopic (exact) mass is 360 g/mol. The maximum absolute atomic E-state index is 12.7. The predicted octanol–water partition coefficient (Wildman–Crippen LogP) is 4.30. The fourth-order valence-corrected chi connectivity index (χ4v) is 3.34. The Kier molecular flexibility index (Phi) is 7.05. The maximum Gasteiger partial charge on any atom is 0.233 e. The molecule has 1 aromatic carbocycles. The molecular weight excluding hydrogens is 332 g/mol. The second-order valence-electron chi connectivity index (χ2n) is 6.44. The first-order chi connectivity index (χ1) is 12.0. The number of aromatic nitrogens is 3. The van der Waals surface area contributed by atoms with Crippen molar-refractivity contribution in [3.8, 4) is 11.4 Å². The summed E-state index contributed by atoms with van der Waals surface area (Å²) in [5, 5.41) is 7.80. The molecule has 0 aliphatic carbocycles. The molecule has 0 bridgehead atoms. The third-order valence-corrected chi connectivity index (χ3v) is 5.37. The zero-order chi connectivity index (χ0) is 18.4. The molecule has 0 radical (unpaired) electrons. The lowest BCUT2D eigenvalue weighted by atomic mass is 10.1. The van der Waals surface area contributed by atoms with E-state index in [1.165, 1.54) is 17.3 Å². The van der Waals surface area contributed by atoms with E-state index in [1.54, 1.807) is 0 Å². The molecule has 5 nitrogen and oxygen atoms in total. The van der Waals surface area contributed by atoms with Crippen molar-refractivity contribution >= 4 is 17.7 Å². The average molecular weight is 361 g/mol. The number of benzene rings is 1. The Labute approximate surface area is 154 Å². The topological polar surface area (TPSA) is 61.9 Å². The van der Waals surface area contributed by atoms with E-state index < -0.39 is 0 Å². The fourth-order valence-electron chi connectivity index (χ4n) is 2.67. The molecule has 1 aromatic heterocycles. The molecule has 2 atom stereocenters. The van der Waals surface area contributed by atoms with Crippen LogP contribution in [0, 0.1) is 6.92 Å². The van der Waals surface area contributed by atoms with Gasteiger partial charge in [-0.25, -0.2) is 4.98 Å². The first-order valence-electron chi connectivity index (χ1n) is 8.89. The number of hydrogen-bond acceptors (Lipinski definition) is 4. The quantitative estimate of drug-likeness (QED) is 0.713. The van der Waals surface area contributed by atoms with Crippen LogP contribution in [0.25, 0.3) is 11.4 Å². The Bertz CT molecular complexity index is 673. The van der Waals surface area contributed by atoms with Crippen LogP contribution in [0.3, 0.4) is 0 Å². The van der Waals surface area contributed by atoms with Crippen molar-refractivity contribution in [1.29, 1.82) is 0 Å². The normalized spacial score (nSPS) is 13.5. The van der Waals surface area contributed by atoms with E-state index in [0.717, 1.165) is 24.2 Å². The molecule has 25 heavy (non-hydrogen) atoms. The number of nitrogens with one attached hydrogen (secondary N) is 1. The van der Waals surface area contributed by atoms with Gasteiger partial charge in [0.1, 0.15) is 0 Å². The van der Waals surface area contributed by atoms with Crippen LogP contribution in [0.1, 0.15) is 46.1 Å². The SMILES string of the molecule is CC[C@@H](C)N(C(=O)CSc1n[nH]c(-c2ccc(C)cc2)n1)[C@@H](C)CC. The smallest absolute Gasteiger partial charge is 0.233 e. The van der Waals surface area contributed by atoms with E-state index >= 15 is 0 Å². The number of carbonyl (C=O) groups excluding carboxylic acids is 1. The van der Waals surface area contributed by atoms with Gasteiger partial charge >= 0.3 is 0 Å². The molecule has 6 heteroatoms. The number of nitrogens with zero attached hydrogens (tertiary/aromatic N) is 3. The minimum Gasteiger partial charge on any atom is -0.337 e. The third-order valence-electron chi connectivity index (χ3n) is 4.53. The highest BCUT2D eigenvalue weighted by molar-refractivity contribution is 7.99. The van der Waals surface area contributed by atoms with Crippen molar-refractivity contribution in [3.63, 3.8) is 0 Å². The molecule has 2 aromatic rings. The van der Waals surface area contributed by atoms with Gasteiger partial charge in [0.2, 0.25) is 11.1 Å². The highest BCUT2D eigenvalue weighted by Gasteiger charge is 2.23. The van der Waals surface area contributed by atoms with Gasteiger partial charge in [-0.2, -0.15) is 0 Å². The Morgan fingerprint density at radius 1 is 1.16 bits per heavy atom. The Morgan fingerprint density at radius 3 is 2.32 bits per heavy atom. The first-order valence-corrected chi connectivity index (χ1v) is 9.88. The summed E-state index contributed by atoms with van der Waals surface area (Å²) < 4.78 is 0. The lowest BCUT2D eigenvalue weighted by molar-refractivity contribution is -0.132. The molecule has 1 amide bonds. The number of rotatable bonds is 8. The summed E-state index contributed by atoms with van der Waals surface area (Å²) >= 11 is 1.39. The second kappa shape index (κ2) is 9.04. The zero-order valence-electron chi connectivity index (χ0n) is 15.7. The number of aromatic amines is 1. The molecule has 0 unspecified atom stereocenters. The Morgan fingerprint density at radius 2 is 1.76 bits per heavy atom. The van der Waals surface area contributed by atoms with Crippen LogP contribution in [0.5, 0.6) is 0 Å². The van der Waals surface area contributed by atoms with Gasteiger partial charge < -0.3 is 4.90 Å². The van der Waals surface area contributed by atoms with Crippen LogP contribution in [0.15, 0.2) is 29.4 Å². The van der Waals surface area contributed by atoms with Gasteiger partial charge in [0.25, 0.3) is 0 Å². The molecule has 1 N–H and O–H groups in total. The van der Waals surface area contributed by atoms with Gasteiger partial charge in [-0.1, -0.05) is 55.4 Å². The molecule has 0 aliphatic heterocycles. The number of aryl methyl sites for hydroxylation is 1. The van der Waals surface area contributed by atoms with Crippen LogP contribution in [0.4, 0.5) is 0 Å². The van der Waals surface area contributed by atoms with Crippen LogP contribution in [-0.4, -0.2) is 43.8 Å². The number of carbonyl (C=O) groups is 1. The molecule has 0 spiro atoms. The summed E-state index contributed by atoms with van der Waals surface area (Å²) in [6.45, 7) is 10.5. The number of thioether (sulfide) groups is 1. The Hall–Kier alpha value is -1.82. The van der Waals surface area contributed by atoms with E-state index in [4.69, 9.17) is 0 Å². The predicted molar refractivity (Wildman–Crippen MR) is 104 cm³/mol. The minimum absolute atomic E-state index is 0.149. The number of H-pyrrole nitrogens is 1. The van der Waals surface area contributed by atoms with Crippen molar-refractivity contribution in [3.05, 3.63) is 29.8 Å². The van der Waals surface area contributed by atoms with Crippen molar-refractivity contribution in [2.45, 2.75) is 64.7 Å². The lowest BCUT2D eigenvalue weighted by Crippen LogP contribution is -2.45. The van der Waals surface area contributed by atoms with Crippen molar-refractivity contribution in [1.82, 2.24) is 20.1 Å². The van der Waals surface area contributed by atoms with E-state index in [9.17, 15) is 4.79 Å². The van der Waals surface area contributed by atoms with E-state index in [2.05, 4.69) is 49.8 Å². The largest absolute Gasteiger partial charge is 0.337 e. The summed E-state index contributed by atoms with van der Waals surface area (Å²) in [5.41, 5.74) is 2.20. The number of hydrogen-bond donors (Lipinski definition) is 1. The van der Waals surface area contributed by atoms with E-state index in [1.807, 2.05) is 29.2 Å². The van der Waals surface area contributed by atoms with E-state index in [-0.39, 0.29) is 18.0 Å². The third kappa shape index (κ3) is 5.08. The van der Waals surface area contributed by atoms with Crippen LogP contribution < -0.4 is 0 Å². The zero-order valence-corrected chi connectivity index (χ0v) is 16.6. The molecule has 136 valence electrons. The summed E-state index contributed by atoms with van der Waals surface area (Å²) in [7, 11) is 0. The van der Waals surface area contributed by atoms with Crippen LogP contribution >= 0.6 is 11.8 Å². The van der Waals surface area contributed by atoms with Crippen LogP contribution in [-0.2, 0) is 4.79 Å². The summed E-state index contributed by atoms with van der Waals surface area (Å²) in [4.78, 5) is 19.2. The van der Waals surface area contributed by atoms with Crippen molar-refractivity contribution in [2.24, 2.45) is 0 Å². The summed E-state index contributed by atoms with van der Waals surface area (Å²) in [5.74, 6) is 1.24. The van der Waals surface area contributed by atoms with Gasteiger partial charge in [0.15, 0.2) is 5.82 Å².